The van der Waals surface area contributed by atoms with Crippen LogP contribution in [-0.4, -0.2) is 0 Å². The molecule has 0 spiro atoms. The van der Waals surface area contributed by atoms with Crippen LogP contribution < -0.4 is 0 Å². The van der Waals surface area contributed by atoms with Crippen LogP contribution in [0.3, 0.4) is 0 Å². The Hall–Kier alpha value is -1.60. The summed E-state index contributed by atoms with van der Waals surface area (Å²) in [5.74, 6) is 0. The number of fused-ring (bicyclic) bond motifs is 3. The normalized spacial score (nSPS) is 13.7. The second kappa shape index (κ2) is 9.69. The molecule has 0 fully saturated rings. The minimum atomic E-state index is 0. The van der Waals surface area contributed by atoms with E-state index in [4.69, 9.17) is 0 Å². The maximum absolute atomic E-state index is 3.62. The Kier molecular flexibility index (Phi) is 7.45. The molecule has 0 saturated heterocycles. The van der Waals surface area contributed by atoms with Crippen LogP contribution in [0.1, 0.15) is 62.1 Å². The summed E-state index contributed by atoms with van der Waals surface area (Å²) in [6.07, 6.45) is 9.50. The minimum absolute atomic E-state index is 0. The van der Waals surface area contributed by atoms with Crippen LogP contribution in [0.25, 0.3) is 5.57 Å². The van der Waals surface area contributed by atoms with Crippen LogP contribution in [0.5, 0.6) is 0 Å². The molecule has 0 heterocycles. The van der Waals surface area contributed by atoms with Crippen molar-refractivity contribution in [3.05, 3.63) is 104 Å². The van der Waals surface area contributed by atoms with Gasteiger partial charge in [-0.2, -0.15) is 33.4 Å². The van der Waals surface area contributed by atoms with Gasteiger partial charge in [0.25, 0.3) is 0 Å². The number of hydrogen-bond acceptors (Lipinski definition) is 0. The van der Waals surface area contributed by atoms with Gasteiger partial charge in [0.2, 0.25) is 0 Å². The van der Waals surface area contributed by atoms with Crippen LogP contribution in [0.4, 0.5) is 0 Å². The first-order valence-electron chi connectivity index (χ1n) is 10.9. The van der Waals surface area contributed by atoms with Gasteiger partial charge in [-0.1, -0.05) is 82.6 Å². The fourth-order valence-electron chi connectivity index (χ4n) is 4.89. The first-order valence-corrected chi connectivity index (χ1v) is 10.9. The molecule has 2 aliphatic carbocycles. The number of allylic oxidation sites excluding steroid dienone is 2. The minimum Gasteiger partial charge on any atom is -0.268 e. The fraction of sp³-hybridized carbons (Fsp3) is 0.345. The summed E-state index contributed by atoms with van der Waals surface area (Å²) in [4.78, 5) is 0. The van der Waals surface area contributed by atoms with Gasteiger partial charge < -0.3 is 0 Å². The van der Waals surface area contributed by atoms with Gasteiger partial charge in [0, 0.05) is 25.8 Å². The van der Waals surface area contributed by atoms with Crippen molar-refractivity contribution in [1.82, 2.24) is 0 Å². The molecule has 0 amide bonds. The van der Waals surface area contributed by atoms with Crippen LogP contribution in [0, 0.1) is 40.7 Å². The quantitative estimate of drug-likeness (QED) is 0.232. The van der Waals surface area contributed by atoms with E-state index in [9.17, 15) is 0 Å². The van der Waals surface area contributed by atoms with Crippen molar-refractivity contribution >= 4 is 5.57 Å². The van der Waals surface area contributed by atoms with E-state index < -0.39 is 0 Å². The number of aryl methyl sites for hydroxylation is 1. The zero-order valence-electron chi connectivity index (χ0n) is 19.1. The molecular weight excluding hydrogens is 527 g/mol. The molecule has 0 bridgehead atoms. The number of hydrogen-bond donors (Lipinski definition) is 0. The molecule has 0 N–H and O–H groups in total. The van der Waals surface area contributed by atoms with Gasteiger partial charge in [0.1, 0.15) is 0 Å². The van der Waals surface area contributed by atoms with Gasteiger partial charge in [-0.3, -0.25) is 6.08 Å². The largest absolute Gasteiger partial charge is 0.268 e. The number of benzene rings is 2. The van der Waals surface area contributed by atoms with Crippen molar-refractivity contribution in [3.63, 3.8) is 0 Å². The Morgan fingerprint density at radius 1 is 0.833 bits per heavy atom. The summed E-state index contributed by atoms with van der Waals surface area (Å²) in [7, 11) is 0. The van der Waals surface area contributed by atoms with Crippen LogP contribution in [0.2, 0.25) is 0 Å². The molecule has 3 aromatic carbocycles. The predicted molar refractivity (Wildman–Crippen MR) is 125 cm³/mol. The third-order valence-electron chi connectivity index (χ3n) is 7.20. The van der Waals surface area contributed by atoms with Crippen molar-refractivity contribution in [3.8, 4) is 0 Å². The second-order valence-electron chi connectivity index (χ2n) is 8.71. The third kappa shape index (κ3) is 4.37. The van der Waals surface area contributed by atoms with Gasteiger partial charge in [-0.25, -0.2) is 5.57 Å². The molecule has 1 heteroatoms. The summed E-state index contributed by atoms with van der Waals surface area (Å²) in [6, 6.07) is 15.4. The standard InChI is InChI=1S/C19H17.C10H15.Hf/c1-2-5-14(6-3-1)13-17-12-11-16-10-9-15-7-4-8-18(15)19(16)17;1-6-7(2)9(4)10(5)8(6)3;/h1-3,5-6,9-10H,4,7-8,11,13H2;1-5H3;/q2*-1;. The van der Waals surface area contributed by atoms with Crippen molar-refractivity contribution < 1.29 is 25.8 Å². The van der Waals surface area contributed by atoms with Gasteiger partial charge in [0.15, 0.2) is 0 Å². The Balaban J connectivity index is 0.000000200. The predicted octanol–water partition coefficient (Wildman–Crippen LogP) is 7.11. The van der Waals surface area contributed by atoms with Crippen molar-refractivity contribution in [1.29, 1.82) is 0 Å². The van der Waals surface area contributed by atoms with E-state index in [1.54, 1.807) is 16.7 Å². The van der Waals surface area contributed by atoms with Crippen molar-refractivity contribution in [2.75, 3.05) is 0 Å². The molecule has 0 radical (unpaired) electrons. The van der Waals surface area contributed by atoms with Gasteiger partial charge in [0.05, 0.1) is 0 Å². The van der Waals surface area contributed by atoms with Crippen molar-refractivity contribution in [2.24, 2.45) is 0 Å². The third-order valence-corrected chi connectivity index (χ3v) is 7.20. The molecule has 0 nitrogen and oxygen atoms in total. The van der Waals surface area contributed by atoms with Crippen molar-refractivity contribution in [2.45, 2.75) is 66.7 Å². The molecule has 30 heavy (non-hydrogen) atoms. The van der Waals surface area contributed by atoms with Gasteiger partial charge >= 0.3 is 0 Å². The SMILES string of the molecule is Cc1c(C)c(C)[c-](C)c1C.[C-]1=C(Cc2ccccc2)c2c(ccc3c2CCC3)C1.[Hf]. The van der Waals surface area contributed by atoms with E-state index in [1.165, 1.54) is 63.8 Å². The zero-order chi connectivity index (χ0) is 20.5. The van der Waals surface area contributed by atoms with Crippen LogP contribution in [0.15, 0.2) is 42.5 Å². The molecule has 2 aliphatic rings. The topological polar surface area (TPSA) is 0 Å². The van der Waals surface area contributed by atoms with E-state index in [0.717, 1.165) is 12.8 Å². The summed E-state index contributed by atoms with van der Waals surface area (Å²) < 4.78 is 0. The van der Waals surface area contributed by atoms with Gasteiger partial charge in [-0.05, 0) is 31.2 Å². The Labute approximate surface area is 201 Å². The Morgan fingerprint density at radius 3 is 2.07 bits per heavy atom. The smallest absolute Gasteiger partial charge is 0 e. The summed E-state index contributed by atoms with van der Waals surface area (Å²) in [5, 5.41) is 0. The monoisotopic (exact) mass is 560 g/mol. The molecule has 154 valence electrons. The first kappa shape index (κ1) is 23.1. The van der Waals surface area contributed by atoms with E-state index in [-0.39, 0.29) is 25.8 Å². The van der Waals surface area contributed by atoms with E-state index in [2.05, 4.69) is 83.2 Å². The van der Waals surface area contributed by atoms with Crippen LogP contribution in [-0.2, 0) is 51.5 Å². The van der Waals surface area contributed by atoms with Gasteiger partial charge in [-0.15, -0.1) is 17.5 Å². The fourth-order valence-corrected chi connectivity index (χ4v) is 4.89. The number of rotatable bonds is 2. The Morgan fingerprint density at radius 2 is 1.47 bits per heavy atom. The summed E-state index contributed by atoms with van der Waals surface area (Å²) in [5.41, 5.74) is 16.4. The van der Waals surface area contributed by atoms with E-state index in [0.29, 0.717) is 0 Å². The molecule has 0 unspecified atom stereocenters. The Bertz CT molecular complexity index is 983. The molecule has 0 aliphatic heterocycles. The maximum atomic E-state index is 3.62. The van der Waals surface area contributed by atoms with Crippen LogP contribution >= 0.6 is 0 Å². The average molecular weight is 559 g/mol. The first-order chi connectivity index (χ1) is 14.0. The summed E-state index contributed by atoms with van der Waals surface area (Å²) in [6.45, 7) is 11.0. The maximum Gasteiger partial charge on any atom is 0 e. The molecular formula is C29H32Hf-2. The second-order valence-corrected chi connectivity index (χ2v) is 8.71. The molecule has 0 saturated carbocycles. The molecule has 3 aromatic rings. The van der Waals surface area contributed by atoms with E-state index in [1.807, 2.05) is 0 Å². The average Bonchev–Trinajstić information content (AvgIpc) is 3.42. The molecule has 0 aromatic heterocycles. The van der Waals surface area contributed by atoms with E-state index >= 15 is 0 Å². The molecule has 5 rings (SSSR count). The molecule has 0 atom stereocenters. The zero-order valence-corrected chi connectivity index (χ0v) is 22.7. The summed E-state index contributed by atoms with van der Waals surface area (Å²) >= 11 is 0.